The minimum absolute atomic E-state index is 0.226. The van der Waals surface area contributed by atoms with Crippen LogP contribution in [0.1, 0.15) is 15.2 Å². The van der Waals surface area contributed by atoms with Gasteiger partial charge in [-0.3, -0.25) is 4.79 Å². The maximum atomic E-state index is 12.9. The van der Waals surface area contributed by atoms with Crippen molar-refractivity contribution in [1.29, 1.82) is 0 Å². The van der Waals surface area contributed by atoms with Gasteiger partial charge in [-0.2, -0.15) is 0 Å². The summed E-state index contributed by atoms with van der Waals surface area (Å²) in [6.45, 7) is 0. The molecule has 0 aliphatic rings. The topological polar surface area (TPSA) is 54.5 Å². The van der Waals surface area contributed by atoms with Gasteiger partial charge in [-0.25, -0.2) is 4.98 Å². The Bertz CT molecular complexity index is 1020. The van der Waals surface area contributed by atoms with Crippen LogP contribution in [0.15, 0.2) is 48.5 Å². The third-order valence-electron chi connectivity index (χ3n) is 3.67. The molecular formula is C19H15ClF3N3O2S. The average molecular weight is 442 g/mol. The monoisotopic (exact) mass is 441 g/mol. The van der Waals surface area contributed by atoms with Crippen molar-refractivity contribution in [3.05, 3.63) is 64.0 Å². The standard InChI is InChI=1S/C19H15ClF3N3O2S/c1-26(2)17-16(15(27)11-4-3-5-12(20)10-11)29-18(25-17)24-13-6-8-14(9-7-13)28-19(21,22)23/h3-10H,1-2H3,(H,24,25). The number of carbonyl (C=O) groups excluding carboxylic acids is 1. The Kier molecular flexibility index (Phi) is 5.99. The largest absolute Gasteiger partial charge is 0.573 e. The fourth-order valence-corrected chi connectivity index (χ4v) is 3.66. The van der Waals surface area contributed by atoms with Crippen LogP contribution in [0, 0.1) is 0 Å². The first-order valence-corrected chi connectivity index (χ1v) is 9.43. The van der Waals surface area contributed by atoms with Crippen molar-refractivity contribution in [2.75, 3.05) is 24.3 Å². The van der Waals surface area contributed by atoms with E-state index in [1.54, 1.807) is 43.3 Å². The van der Waals surface area contributed by atoms with Crippen molar-refractivity contribution in [2.45, 2.75) is 6.36 Å². The molecule has 1 heterocycles. The summed E-state index contributed by atoms with van der Waals surface area (Å²) in [6.07, 6.45) is -4.75. The van der Waals surface area contributed by atoms with Gasteiger partial charge in [-0.05, 0) is 36.4 Å². The molecule has 2 aromatic carbocycles. The van der Waals surface area contributed by atoms with Crippen LogP contribution in [0.2, 0.25) is 5.02 Å². The Morgan fingerprint density at radius 2 is 1.86 bits per heavy atom. The number of carbonyl (C=O) groups is 1. The Morgan fingerprint density at radius 1 is 1.17 bits per heavy atom. The Hall–Kier alpha value is -2.78. The number of benzene rings is 2. The highest BCUT2D eigenvalue weighted by Crippen LogP contribution is 2.33. The maximum Gasteiger partial charge on any atom is 0.573 e. The number of rotatable bonds is 6. The van der Waals surface area contributed by atoms with Crippen molar-refractivity contribution >= 4 is 45.4 Å². The van der Waals surface area contributed by atoms with Crippen molar-refractivity contribution in [1.82, 2.24) is 4.98 Å². The van der Waals surface area contributed by atoms with E-state index in [9.17, 15) is 18.0 Å². The number of ether oxygens (including phenoxy) is 1. The maximum absolute atomic E-state index is 12.9. The summed E-state index contributed by atoms with van der Waals surface area (Å²) < 4.78 is 40.6. The quantitative estimate of drug-likeness (QED) is 0.495. The molecule has 5 nitrogen and oxygen atoms in total. The second-order valence-corrected chi connectivity index (χ2v) is 7.54. The van der Waals surface area contributed by atoms with Crippen LogP contribution in [0.25, 0.3) is 0 Å². The first-order valence-electron chi connectivity index (χ1n) is 8.23. The number of aromatic nitrogens is 1. The van der Waals surface area contributed by atoms with E-state index in [0.29, 0.717) is 32.1 Å². The molecule has 0 atom stereocenters. The van der Waals surface area contributed by atoms with Crippen molar-refractivity contribution in [3.63, 3.8) is 0 Å². The zero-order valence-corrected chi connectivity index (χ0v) is 16.8. The van der Waals surface area contributed by atoms with E-state index < -0.39 is 6.36 Å². The highest BCUT2D eigenvalue weighted by atomic mass is 35.5. The minimum Gasteiger partial charge on any atom is -0.406 e. The molecule has 3 aromatic rings. The first kappa shape index (κ1) is 20.9. The van der Waals surface area contributed by atoms with E-state index >= 15 is 0 Å². The Labute approximate surface area is 173 Å². The molecule has 152 valence electrons. The van der Waals surface area contributed by atoms with Gasteiger partial charge < -0.3 is 15.0 Å². The predicted octanol–water partition coefficient (Wildman–Crippen LogP) is 5.74. The van der Waals surface area contributed by atoms with Gasteiger partial charge in [0.15, 0.2) is 10.9 Å². The number of thiazole rings is 1. The summed E-state index contributed by atoms with van der Waals surface area (Å²) in [4.78, 5) is 19.4. The van der Waals surface area contributed by atoms with Crippen molar-refractivity contribution in [2.24, 2.45) is 0 Å². The fourth-order valence-electron chi connectivity index (χ4n) is 2.44. The third-order valence-corrected chi connectivity index (χ3v) is 4.86. The molecule has 0 bridgehead atoms. The number of hydrogen-bond acceptors (Lipinski definition) is 6. The van der Waals surface area contributed by atoms with Crippen LogP contribution in [0.4, 0.5) is 29.8 Å². The molecule has 0 saturated heterocycles. The van der Waals surface area contributed by atoms with E-state index in [0.717, 1.165) is 11.3 Å². The summed E-state index contributed by atoms with van der Waals surface area (Å²) in [6, 6.07) is 11.8. The first-order chi connectivity index (χ1) is 13.6. The van der Waals surface area contributed by atoms with E-state index in [1.165, 1.54) is 24.3 Å². The number of hydrogen-bond donors (Lipinski definition) is 1. The smallest absolute Gasteiger partial charge is 0.406 e. The molecule has 0 radical (unpaired) electrons. The van der Waals surface area contributed by atoms with Gasteiger partial charge >= 0.3 is 6.36 Å². The van der Waals surface area contributed by atoms with Gasteiger partial charge in [0.1, 0.15) is 10.6 Å². The van der Waals surface area contributed by atoms with Gasteiger partial charge in [0.25, 0.3) is 0 Å². The molecule has 0 spiro atoms. The number of nitrogens with zero attached hydrogens (tertiary/aromatic N) is 2. The predicted molar refractivity (Wildman–Crippen MR) is 108 cm³/mol. The zero-order valence-electron chi connectivity index (χ0n) is 15.2. The Morgan fingerprint density at radius 3 is 2.45 bits per heavy atom. The number of alkyl halides is 3. The average Bonchev–Trinajstić information content (AvgIpc) is 3.05. The Balaban J connectivity index is 1.84. The van der Waals surface area contributed by atoms with Crippen LogP contribution in [-0.4, -0.2) is 31.2 Å². The van der Waals surface area contributed by atoms with Gasteiger partial charge in [0, 0.05) is 30.4 Å². The van der Waals surface area contributed by atoms with Gasteiger partial charge in [-0.1, -0.05) is 35.1 Å². The molecule has 0 aliphatic carbocycles. The zero-order chi connectivity index (χ0) is 21.2. The summed E-state index contributed by atoms with van der Waals surface area (Å²) >= 11 is 7.11. The lowest BCUT2D eigenvalue weighted by molar-refractivity contribution is -0.274. The SMILES string of the molecule is CN(C)c1nc(Nc2ccc(OC(F)(F)F)cc2)sc1C(=O)c1cccc(Cl)c1. The number of ketones is 1. The highest BCUT2D eigenvalue weighted by molar-refractivity contribution is 7.18. The summed E-state index contributed by atoms with van der Waals surface area (Å²) in [5.74, 6) is -0.0804. The summed E-state index contributed by atoms with van der Waals surface area (Å²) in [5.41, 5.74) is 0.935. The molecule has 1 aromatic heterocycles. The summed E-state index contributed by atoms with van der Waals surface area (Å²) in [7, 11) is 3.52. The van der Waals surface area contributed by atoms with Gasteiger partial charge in [0.05, 0.1) is 0 Å². The molecule has 3 rings (SSSR count). The molecule has 0 aliphatic heterocycles. The highest BCUT2D eigenvalue weighted by Gasteiger charge is 2.31. The number of nitrogens with one attached hydrogen (secondary N) is 1. The molecular weight excluding hydrogens is 427 g/mol. The van der Waals surface area contributed by atoms with Crippen LogP contribution in [0.5, 0.6) is 5.75 Å². The minimum atomic E-state index is -4.75. The van der Waals surface area contributed by atoms with E-state index in [4.69, 9.17) is 11.6 Å². The van der Waals surface area contributed by atoms with Crippen LogP contribution < -0.4 is 15.0 Å². The van der Waals surface area contributed by atoms with Crippen LogP contribution in [0.3, 0.4) is 0 Å². The molecule has 0 amide bonds. The fraction of sp³-hybridized carbons (Fsp3) is 0.158. The third kappa shape index (κ3) is 5.39. The normalized spacial score (nSPS) is 11.2. The van der Waals surface area contributed by atoms with Crippen LogP contribution >= 0.6 is 22.9 Å². The van der Waals surface area contributed by atoms with Crippen molar-refractivity contribution < 1.29 is 22.7 Å². The second-order valence-electron chi connectivity index (χ2n) is 6.10. The van der Waals surface area contributed by atoms with Gasteiger partial charge in [-0.15, -0.1) is 13.2 Å². The molecule has 0 unspecified atom stereocenters. The lowest BCUT2D eigenvalue weighted by Gasteiger charge is -2.10. The molecule has 1 N–H and O–H groups in total. The lowest BCUT2D eigenvalue weighted by atomic mass is 10.1. The van der Waals surface area contributed by atoms with Gasteiger partial charge in [0.2, 0.25) is 5.78 Å². The van der Waals surface area contributed by atoms with Crippen molar-refractivity contribution in [3.8, 4) is 5.75 Å². The van der Waals surface area contributed by atoms with E-state index in [1.807, 2.05) is 0 Å². The molecule has 0 saturated carbocycles. The summed E-state index contributed by atoms with van der Waals surface area (Å²) in [5, 5.41) is 3.86. The number of halogens is 4. The van der Waals surface area contributed by atoms with E-state index in [-0.39, 0.29) is 11.5 Å². The molecule has 10 heteroatoms. The van der Waals surface area contributed by atoms with Crippen LogP contribution in [-0.2, 0) is 0 Å². The second kappa shape index (κ2) is 8.30. The molecule has 29 heavy (non-hydrogen) atoms. The van der Waals surface area contributed by atoms with E-state index in [2.05, 4.69) is 15.0 Å². The number of anilines is 3. The lowest BCUT2D eigenvalue weighted by Crippen LogP contribution is -2.16. The molecule has 0 fully saturated rings.